The highest BCUT2D eigenvalue weighted by Gasteiger charge is 2.30. The van der Waals surface area contributed by atoms with E-state index in [1.807, 2.05) is 24.3 Å². The number of thioether (sulfide) groups is 1. The number of nitrogens with one attached hydrogen (secondary N) is 1. The fourth-order valence-corrected chi connectivity index (χ4v) is 3.36. The Hall–Kier alpha value is -3.58. The van der Waals surface area contributed by atoms with E-state index in [1.165, 1.54) is 7.11 Å². The van der Waals surface area contributed by atoms with Crippen LogP contribution in [0.25, 0.3) is 11.3 Å². The quantitative estimate of drug-likeness (QED) is 0.551. The van der Waals surface area contributed by atoms with Crippen LogP contribution >= 0.6 is 11.8 Å². The van der Waals surface area contributed by atoms with Crippen LogP contribution < -0.4 is 10.1 Å². The van der Waals surface area contributed by atoms with Gasteiger partial charge in [0.05, 0.1) is 29.7 Å². The van der Waals surface area contributed by atoms with Gasteiger partial charge in [-0.05, 0) is 36.4 Å². The highest BCUT2D eigenvalue weighted by atomic mass is 32.2. The number of methoxy groups -OCH3 is 1. The molecule has 31 heavy (non-hydrogen) atoms. The normalized spacial score (nSPS) is 10.9. The van der Waals surface area contributed by atoms with E-state index in [9.17, 15) is 23.2 Å². The number of alkyl halides is 3. The minimum Gasteiger partial charge on any atom is -0.496 e. The Morgan fingerprint density at radius 2 is 1.97 bits per heavy atom. The molecule has 1 aromatic carbocycles. The molecule has 158 valence electrons. The molecule has 3 aromatic rings. The summed E-state index contributed by atoms with van der Waals surface area (Å²) in [5, 5.41) is 12.1. The number of ether oxygens (including phenoxy) is 1. The lowest BCUT2D eigenvalue weighted by atomic mass is 10.1. The number of hydrogen-bond donors (Lipinski definition) is 1. The van der Waals surface area contributed by atoms with Crippen LogP contribution in [0.2, 0.25) is 0 Å². The Labute approximate surface area is 180 Å². The molecule has 10 heteroatoms. The van der Waals surface area contributed by atoms with Crippen LogP contribution in [-0.2, 0) is 11.0 Å². The Morgan fingerprint density at radius 3 is 2.61 bits per heavy atom. The van der Waals surface area contributed by atoms with Gasteiger partial charge in [-0.1, -0.05) is 23.9 Å². The third kappa shape index (κ3) is 5.52. The van der Waals surface area contributed by atoms with Crippen molar-refractivity contribution < 1.29 is 22.7 Å². The maximum absolute atomic E-state index is 12.6. The summed E-state index contributed by atoms with van der Waals surface area (Å²) >= 11 is 1.03. The van der Waals surface area contributed by atoms with Gasteiger partial charge in [-0.25, -0.2) is 9.97 Å². The Morgan fingerprint density at radius 1 is 1.19 bits per heavy atom. The summed E-state index contributed by atoms with van der Waals surface area (Å²) in [6.07, 6.45) is -3.86. The average Bonchev–Trinajstić information content (AvgIpc) is 2.77. The first kappa shape index (κ1) is 22.1. The van der Waals surface area contributed by atoms with Crippen LogP contribution in [0.1, 0.15) is 11.1 Å². The van der Waals surface area contributed by atoms with Crippen molar-refractivity contribution in [3.63, 3.8) is 0 Å². The SMILES string of the molecule is COc1ccccc1-c1ccc(C#N)c(SCC(=O)Nc2ccc(C(F)(F)F)cn2)n1. The lowest BCUT2D eigenvalue weighted by molar-refractivity contribution is -0.137. The fraction of sp³-hybridized carbons (Fsp3) is 0.143. The second kappa shape index (κ2) is 9.49. The number of carbonyl (C=O) groups is 1. The van der Waals surface area contributed by atoms with Crippen LogP contribution in [0.4, 0.5) is 19.0 Å². The third-order valence-electron chi connectivity index (χ3n) is 4.06. The van der Waals surface area contributed by atoms with E-state index < -0.39 is 17.6 Å². The van der Waals surface area contributed by atoms with Crippen LogP contribution in [0.15, 0.2) is 59.8 Å². The van der Waals surface area contributed by atoms with Crippen molar-refractivity contribution in [1.29, 1.82) is 5.26 Å². The molecule has 2 aromatic heterocycles. The van der Waals surface area contributed by atoms with E-state index in [1.54, 1.807) is 18.2 Å². The largest absolute Gasteiger partial charge is 0.496 e. The molecule has 0 spiro atoms. The summed E-state index contributed by atoms with van der Waals surface area (Å²) in [6, 6.07) is 14.5. The number of para-hydroxylation sites is 1. The molecule has 2 heterocycles. The van der Waals surface area contributed by atoms with E-state index >= 15 is 0 Å². The predicted octanol–water partition coefficient (Wildman–Crippen LogP) is 4.77. The molecule has 3 rings (SSSR count). The van der Waals surface area contributed by atoms with Crippen LogP contribution in [0, 0.1) is 11.3 Å². The van der Waals surface area contributed by atoms with E-state index in [2.05, 4.69) is 15.3 Å². The molecule has 0 radical (unpaired) electrons. The van der Waals surface area contributed by atoms with E-state index in [0.717, 1.165) is 29.5 Å². The average molecular weight is 444 g/mol. The molecule has 0 saturated heterocycles. The summed E-state index contributed by atoms with van der Waals surface area (Å²) in [4.78, 5) is 20.3. The molecular formula is C21H15F3N4O2S. The smallest absolute Gasteiger partial charge is 0.417 e. The summed E-state index contributed by atoms with van der Waals surface area (Å²) in [7, 11) is 1.54. The molecule has 0 aliphatic rings. The Kier molecular flexibility index (Phi) is 6.77. The number of anilines is 1. The molecule has 0 bridgehead atoms. The highest BCUT2D eigenvalue weighted by Crippen LogP contribution is 2.31. The molecular weight excluding hydrogens is 429 g/mol. The van der Waals surface area contributed by atoms with Gasteiger partial charge < -0.3 is 10.1 Å². The zero-order chi connectivity index (χ0) is 22.4. The Balaban J connectivity index is 1.72. The van der Waals surface area contributed by atoms with Crippen molar-refractivity contribution in [3.8, 4) is 23.1 Å². The molecule has 6 nitrogen and oxygen atoms in total. The number of pyridine rings is 2. The number of rotatable bonds is 6. The van der Waals surface area contributed by atoms with Gasteiger partial charge in [0.25, 0.3) is 0 Å². The molecule has 0 atom stereocenters. The molecule has 0 unspecified atom stereocenters. The van der Waals surface area contributed by atoms with E-state index in [0.29, 0.717) is 28.2 Å². The summed E-state index contributed by atoms with van der Waals surface area (Å²) < 4.78 is 43.1. The number of halogens is 3. The maximum atomic E-state index is 12.6. The van der Waals surface area contributed by atoms with Crippen LogP contribution in [0.5, 0.6) is 5.75 Å². The minimum atomic E-state index is -4.50. The molecule has 1 amide bonds. The topological polar surface area (TPSA) is 87.9 Å². The van der Waals surface area contributed by atoms with Gasteiger partial charge in [0.1, 0.15) is 22.7 Å². The van der Waals surface area contributed by atoms with E-state index in [4.69, 9.17) is 4.74 Å². The van der Waals surface area contributed by atoms with Gasteiger partial charge in [0.2, 0.25) is 5.91 Å². The first-order valence-corrected chi connectivity index (χ1v) is 9.81. The zero-order valence-electron chi connectivity index (χ0n) is 16.1. The first-order chi connectivity index (χ1) is 14.8. The third-order valence-corrected chi connectivity index (χ3v) is 5.05. The van der Waals surface area contributed by atoms with Crippen molar-refractivity contribution in [1.82, 2.24) is 9.97 Å². The summed E-state index contributed by atoms with van der Waals surface area (Å²) in [5.74, 6) is 0.00186. The van der Waals surface area contributed by atoms with Crippen LogP contribution in [0.3, 0.4) is 0 Å². The van der Waals surface area contributed by atoms with Crippen molar-refractivity contribution in [3.05, 3.63) is 65.9 Å². The Bertz CT molecular complexity index is 1130. The lowest BCUT2D eigenvalue weighted by Gasteiger charge is -2.10. The number of hydrogen-bond acceptors (Lipinski definition) is 6. The minimum absolute atomic E-state index is 0.00478. The van der Waals surface area contributed by atoms with Gasteiger partial charge in [0.15, 0.2) is 0 Å². The van der Waals surface area contributed by atoms with Gasteiger partial charge in [-0.15, -0.1) is 0 Å². The number of benzene rings is 1. The number of aromatic nitrogens is 2. The van der Waals surface area contributed by atoms with Gasteiger partial charge in [-0.3, -0.25) is 4.79 Å². The molecule has 0 saturated carbocycles. The van der Waals surface area contributed by atoms with Crippen LogP contribution in [-0.4, -0.2) is 28.7 Å². The number of nitrogens with zero attached hydrogens (tertiary/aromatic N) is 3. The molecule has 0 fully saturated rings. The summed E-state index contributed by atoms with van der Waals surface area (Å²) in [6.45, 7) is 0. The second-order valence-corrected chi connectivity index (χ2v) is 7.09. The molecule has 0 aliphatic carbocycles. The second-order valence-electron chi connectivity index (χ2n) is 6.13. The van der Waals surface area contributed by atoms with Crippen molar-refractivity contribution in [2.45, 2.75) is 11.2 Å². The van der Waals surface area contributed by atoms with Gasteiger partial charge >= 0.3 is 6.18 Å². The molecule has 1 N–H and O–H groups in total. The number of carbonyl (C=O) groups excluding carboxylic acids is 1. The monoisotopic (exact) mass is 444 g/mol. The number of amides is 1. The van der Waals surface area contributed by atoms with Gasteiger partial charge in [0, 0.05) is 11.8 Å². The fourth-order valence-electron chi connectivity index (χ4n) is 2.59. The summed E-state index contributed by atoms with van der Waals surface area (Å²) in [5.41, 5.74) is 0.693. The first-order valence-electron chi connectivity index (χ1n) is 8.82. The standard InChI is InChI=1S/C21H15F3N4O2S/c1-30-17-5-3-2-4-15(17)16-8-6-13(10-25)20(27-16)31-12-19(29)28-18-9-7-14(11-26-18)21(22,23)24/h2-9,11H,12H2,1H3,(H,26,28,29). The van der Waals surface area contributed by atoms with Gasteiger partial charge in [-0.2, -0.15) is 18.4 Å². The number of nitriles is 1. The van der Waals surface area contributed by atoms with Crippen molar-refractivity contribution in [2.24, 2.45) is 0 Å². The lowest BCUT2D eigenvalue weighted by Crippen LogP contribution is -2.16. The van der Waals surface area contributed by atoms with Crippen molar-refractivity contribution in [2.75, 3.05) is 18.2 Å². The molecule has 0 aliphatic heterocycles. The maximum Gasteiger partial charge on any atom is 0.417 e. The highest BCUT2D eigenvalue weighted by molar-refractivity contribution is 8.00. The zero-order valence-corrected chi connectivity index (χ0v) is 16.9. The van der Waals surface area contributed by atoms with Crippen molar-refractivity contribution >= 4 is 23.5 Å². The predicted molar refractivity (Wildman–Crippen MR) is 110 cm³/mol. The van der Waals surface area contributed by atoms with E-state index in [-0.39, 0.29) is 11.6 Å².